The van der Waals surface area contributed by atoms with Crippen LogP contribution in [0.15, 0.2) is 9.59 Å². The molecule has 0 aliphatic rings. The molecule has 0 spiro atoms. The first-order valence-corrected chi connectivity index (χ1v) is 7.97. The van der Waals surface area contributed by atoms with E-state index < -0.39 is 0 Å². The van der Waals surface area contributed by atoms with Gasteiger partial charge in [-0.15, -0.1) is 0 Å². The minimum atomic E-state index is -0.311. The van der Waals surface area contributed by atoms with Crippen LogP contribution in [0.3, 0.4) is 0 Å². The Morgan fingerprint density at radius 2 is 1.74 bits per heavy atom. The third-order valence-electron chi connectivity index (χ3n) is 4.49. The Kier molecular flexibility index (Phi) is 3.46. The highest BCUT2D eigenvalue weighted by Crippen LogP contribution is 2.20. The van der Waals surface area contributed by atoms with Gasteiger partial charge < -0.3 is 4.57 Å². The van der Waals surface area contributed by atoms with Crippen LogP contribution in [0.25, 0.3) is 16.9 Å². The van der Waals surface area contributed by atoms with Crippen LogP contribution in [0.4, 0.5) is 0 Å². The van der Waals surface area contributed by atoms with E-state index in [1.54, 1.807) is 7.05 Å². The lowest BCUT2D eigenvalue weighted by Crippen LogP contribution is -2.40. The van der Waals surface area contributed by atoms with Gasteiger partial charge in [0.2, 0.25) is 5.78 Å². The average Bonchev–Trinajstić information content (AvgIpc) is 2.98. The summed E-state index contributed by atoms with van der Waals surface area (Å²) in [6.45, 7) is 11.2. The van der Waals surface area contributed by atoms with Gasteiger partial charge in [0.15, 0.2) is 11.2 Å². The van der Waals surface area contributed by atoms with Gasteiger partial charge >= 0.3 is 5.69 Å². The van der Waals surface area contributed by atoms with Crippen LogP contribution >= 0.6 is 0 Å². The summed E-state index contributed by atoms with van der Waals surface area (Å²) in [5.41, 5.74) is 2.42. The lowest BCUT2D eigenvalue weighted by atomic mass is 10.2. The summed E-state index contributed by atoms with van der Waals surface area (Å²) >= 11 is 0. The maximum Gasteiger partial charge on any atom is 0.332 e. The molecule has 7 nitrogen and oxygen atoms in total. The molecule has 124 valence electrons. The summed E-state index contributed by atoms with van der Waals surface area (Å²) < 4.78 is 6.73. The van der Waals surface area contributed by atoms with Gasteiger partial charge in [0.25, 0.3) is 5.56 Å². The van der Waals surface area contributed by atoms with Crippen LogP contribution in [-0.2, 0) is 20.1 Å². The fraction of sp³-hybridized carbons (Fsp3) is 0.562. The second kappa shape index (κ2) is 5.11. The quantitative estimate of drug-likeness (QED) is 0.734. The molecular weight excluding hydrogens is 294 g/mol. The molecule has 0 N–H and O–H groups in total. The molecule has 0 saturated heterocycles. The smallest absolute Gasteiger partial charge is 0.314 e. The van der Waals surface area contributed by atoms with E-state index in [4.69, 9.17) is 0 Å². The molecule has 7 heteroatoms. The first-order chi connectivity index (χ1) is 10.8. The number of rotatable bonds is 3. The fourth-order valence-corrected chi connectivity index (χ4v) is 3.22. The molecule has 0 fully saturated rings. The lowest BCUT2D eigenvalue weighted by Gasteiger charge is -2.10. The SMILES string of the molecule is CCn1c(C)c(C)n2c3c(=O)n(CC(C)C)c(=O)n(C)c3nc12. The number of hydrogen-bond acceptors (Lipinski definition) is 3. The number of aryl methyl sites for hydroxylation is 3. The normalized spacial score (nSPS) is 12.1. The van der Waals surface area contributed by atoms with E-state index in [-0.39, 0.29) is 17.2 Å². The van der Waals surface area contributed by atoms with Gasteiger partial charge in [-0.2, -0.15) is 4.98 Å². The van der Waals surface area contributed by atoms with Gasteiger partial charge in [-0.1, -0.05) is 13.8 Å². The molecule has 0 unspecified atom stereocenters. The molecule has 0 aliphatic carbocycles. The van der Waals surface area contributed by atoms with Gasteiger partial charge in [-0.05, 0) is 26.7 Å². The number of aromatic nitrogens is 5. The van der Waals surface area contributed by atoms with E-state index in [1.165, 1.54) is 9.13 Å². The van der Waals surface area contributed by atoms with Crippen molar-refractivity contribution in [3.05, 3.63) is 32.2 Å². The Hall–Kier alpha value is -2.31. The highest BCUT2D eigenvalue weighted by atomic mass is 16.2. The minimum absolute atomic E-state index is 0.212. The van der Waals surface area contributed by atoms with Gasteiger partial charge in [-0.25, -0.2) is 4.79 Å². The first kappa shape index (κ1) is 15.6. The van der Waals surface area contributed by atoms with Crippen molar-refractivity contribution in [1.82, 2.24) is 23.1 Å². The summed E-state index contributed by atoms with van der Waals surface area (Å²) in [5.74, 6) is 0.927. The number of fused-ring (bicyclic) bond motifs is 3. The molecule has 3 aromatic heterocycles. The van der Waals surface area contributed by atoms with E-state index in [2.05, 4.69) is 9.55 Å². The summed E-state index contributed by atoms with van der Waals surface area (Å²) in [6.07, 6.45) is 0. The van der Waals surface area contributed by atoms with E-state index in [0.717, 1.165) is 17.9 Å². The summed E-state index contributed by atoms with van der Waals surface area (Å²) in [7, 11) is 1.67. The van der Waals surface area contributed by atoms with E-state index >= 15 is 0 Å². The van der Waals surface area contributed by atoms with Crippen molar-refractivity contribution < 1.29 is 0 Å². The standard InChI is InChI=1S/C16H23N5O2/c1-7-19-10(4)11(5)21-12-13(17-15(19)21)18(6)16(23)20(14(12)22)8-9(2)3/h9H,7-8H2,1-6H3. The van der Waals surface area contributed by atoms with Crippen LogP contribution in [0.1, 0.15) is 32.2 Å². The van der Waals surface area contributed by atoms with Gasteiger partial charge in [-0.3, -0.25) is 18.3 Å². The molecule has 0 bridgehead atoms. The second-order valence-electron chi connectivity index (χ2n) is 6.49. The van der Waals surface area contributed by atoms with Crippen LogP contribution in [-0.4, -0.2) is 23.1 Å². The zero-order valence-electron chi connectivity index (χ0n) is 14.5. The second-order valence-corrected chi connectivity index (χ2v) is 6.49. The minimum Gasteiger partial charge on any atom is -0.314 e. The molecule has 3 heterocycles. The Morgan fingerprint density at radius 1 is 1.09 bits per heavy atom. The summed E-state index contributed by atoms with van der Waals surface area (Å²) in [4.78, 5) is 30.1. The maximum atomic E-state index is 13.0. The zero-order chi connectivity index (χ0) is 17.0. The van der Waals surface area contributed by atoms with Crippen molar-refractivity contribution in [2.24, 2.45) is 13.0 Å². The lowest BCUT2D eigenvalue weighted by molar-refractivity contribution is 0.484. The predicted molar refractivity (Wildman–Crippen MR) is 90.2 cm³/mol. The summed E-state index contributed by atoms with van der Waals surface area (Å²) in [6, 6.07) is 0. The van der Waals surface area contributed by atoms with Crippen molar-refractivity contribution >= 4 is 16.9 Å². The summed E-state index contributed by atoms with van der Waals surface area (Å²) in [5, 5.41) is 0. The Balaban J connectivity index is 2.57. The molecule has 0 radical (unpaired) electrons. The molecule has 23 heavy (non-hydrogen) atoms. The van der Waals surface area contributed by atoms with E-state index in [1.807, 2.05) is 39.0 Å². The van der Waals surface area contributed by atoms with Crippen LogP contribution < -0.4 is 11.2 Å². The first-order valence-electron chi connectivity index (χ1n) is 7.97. The highest BCUT2D eigenvalue weighted by molar-refractivity contribution is 5.76. The number of nitrogens with zero attached hydrogens (tertiary/aromatic N) is 5. The average molecular weight is 317 g/mol. The van der Waals surface area contributed by atoms with Crippen LogP contribution in [0, 0.1) is 19.8 Å². The van der Waals surface area contributed by atoms with E-state index in [9.17, 15) is 9.59 Å². The number of imidazole rings is 2. The molecule has 0 atom stereocenters. The van der Waals surface area contributed by atoms with Gasteiger partial charge in [0.05, 0.1) is 0 Å². The number of hydrogen-bond donors (Lipinski definition) is 0. The largest absolute Gasteiger partial charge is 0.332 e. The van der Waals surface area contributed by atoms with Crippen molar-refractivity contribution in [2.45, 2.75) is 47.7 Å². The predicted octanol–water partition coefficient (Wildman–Crippen LogP) is 1.44. The maximum absolute atomic E-state index is 13.0. The topological polar surface area (TPSA) is 66.2 Å². The van der Waals surface area contributed by atoms with E-state index in [0.29, 0.717) is 23.5 Å². The monoisotopic (exact) mass is 317 g/mol. The van der Waals surface area contributed by atoms with Gasteiger partial charge in [0, 0.05) is 31.5 Å². The van der Waals surface area contributed by atoms with Crippen molar-refractivity contribution in [1.29, 1.82) is 0 Å². The molecular formula is C16H23N5O2. The molecule has 3 aromatic rings. The zero-order valence-corrected chi connectivity index (χ0v) is 14.5. The third-order valence-corrected chi connectivity index (χ3v) is 4.49. The van der Waals surface area contributed by atoms with Gasteiger partial charge in [0.1, 0.15) is 0 Å². The van der Waals surface area contributed by atoms with Crippen molar-refractivity contribution in [3.63, 3.8) is 0 Å². The van der Waals surface area contributed by atoms with Crippen LogP contribution in [0.5, 0.6) is 0 Å². The molecule has 0 saturated carbocycles. The van der Waals surface area contributed by atoms with Crippen LogP contribution in [0.2, 0.25) is 0 Å². The molecule has 0 aliphatic heterocycles. The Bertz CT molecular complexity index is 1030. The van der Waals surface area contributed by atoms with Crippen molar-refractivity contribution in [3.8, 4) is 0 Å². The third kappa shape index (κ3) is 1.99. The molecule has 0 amide bonds. The molecule has 3 rings (SSSR count). The molecule has 0 aromatic carbocycles. The van der Waals surface area contributed by atoms with Crippen molar-refractivity contribution in [2.75, 3.05) is 0 Å². The highest BCUT2D eigenvalue weighted by Gasteiger charge is 2.22. The fourth-order valence-electron chi connectivity index (χ4n) is 3.22. The Morgan fingerprint density at radius 3 is 2.30 bits per heavy atom. The Labute approximate surface area is 133 Å².